The first-order valence-corrected chi connectivity index (χ1v) is 11.7. The van der Waals surface area contributed by atoms with Crippen molar-refractivity contribution in [3.8, 4) is 17.7 Å². The number of hydrogen-bond acceptors (Lipinski definition) is 8. The Morgan fingerprint density at radius 2 is 1.92 bits per heavy atom. The topological polar surface area (TPSA) is 111 Å². The van der Waals surface area contributed by atoms with E-state index in [0.717, 1.165) is 11.8 Å². The highest BCUT2D eigenvalue weighted by Crippen LogP contribution is 2.32. The Morgan fingerprint density at radius 3 is 2.58 bits per heavy atom. The molecule has 0 unspecified atom stereocenters. The van der Waals surface area contributed by atoms with E-state index in [2.05, 4.69) is 42.1 Å². The normalized spacial score (nSPS) is 13.8. The zero-order chi connectivity index (χ0) is 28.1. The average molecular weight is 521 g/mol. The van der Waals surface area contributed by atoms with Crippen molar-refractivity contribution in [2.45, 2.75) is 28.6 Å². The fourth-order valence-corrected chi connectivity index (χ4v) is 3.99. The number of aromatic nitrogens is 4. The molecule has 3 N–H and O–H groups in total. The molecule has 1 atom stereocenters. The summed E-state index contributed by atoms with van der Waals surface area (Å²) < 4.78 is 32.7. The molecule has 0 fully saturated rings. The maximum Gasteiger partial charge on any atom is 0.232 e. The number of nitrogens with one attached hydrogen (secondary N) is 1. The number of ether oxygens (including phenoxy) is 1. The van der Waals surface area contributed by atoms with E-state index in [9.17, 15) is 8.78 Å². The van der Waals surface area contributed by atoms with Gasteiger partial charge in [0.05, 0.1) is 57.3 Å². The van der Waals surface area contributed by atoms with Crippen LogP contribution in [-0.2, 0) is 6.42 Å². The van der Waals surface area contributed by atoms with Crippen LogP contribution in [-0.4, -0.2) is 88.2 Å². The van der Waals surface area contributed by atoms with E-state index in [1.807, 2.05) is 0 Å². The van der Waals surface area contributed by atoms with E-state index in [4.69, 9.17) is 49.7 Å². The van der Waals surface area contributed by atoms with Crippen LogP contribution >= 0.6 is 11.8 Å². The van der Waals surface area contributed by atoms with Crippen molar-refractivity contribution in [1.29, 1.82) is 0 Å². The van der Waals surface area contributed by atoms with Crippen LogP contribution in [0.25, 0.3) is 11.0 Å². The number of anilines is 2. The Morgan fingerprint density at radius 1 is 1.18 bits per heavy atom. The lowest BCUT2D eigenvalue weighted by Crippen LogP contribution is -2.36. The summed E-state index contributed by atoms with van der Waals surface area (Å²) in [4.78, 5) is 20.5. The molecule has 16 heteroatoms. The van der Waals surface area contributed by atoms with E-state index in [-0.39, 0.29) is 28.8 Å². The molecule has 8 nitrogen and oxygen atoms in total. The molecule has 3 rings (SSSR count). The zero-order valence-electron chi connectivity index (χ0n) is 20.6. The van der Waals surface area contributed by atoms with Crippen molar-refractivity contribution < 1.29 is 13.5 Å². The lowest BCUT2D eigenvalue weighted by molar-refractivity contribution is 0.285. The van der Waals surface area contributed by atoms with E-state index in [1.165, 1.54) is 31.7 Å². The monoisotopic (exact) mass is 521 g/mol. The van der Waals surface area contributed by atoms with Crippen LogP contribution in [0.4, 0.5) is 20.3 Å². The Kier molecular flexibility index (Phi) is 9.03. The second-order valence-corrected chi connectivity index (χ2v) is 10.1. The van der Waals surface area contributed by atoms with Crippen molar-refractivity contribution in [2.75, 3.05) is 19.0 Å². The van der Waals surface area contributed by atoms with Gasteiger partial charge < -0.3 is 15.8 Å². The molecule has 182 valence electrons. The lowest BCUT2D eigenvalue weighted by atomic mass is 9.43. The zero-order valence-corrected chi connectivity index (χ0v) is 21.4. The minimum Gasteiger partial charge on any atom is -0.478 e. The Hall–Kier alpha value is -3.20. The summed E-state index contributed by atoms with van der Waals surface area (Å²) >= 11 is 1.02. The third kappa shape index (κ3) is 8.15. The molecule has 10 radical (unpaired) electrons. The fourth-order valence-electron chi connectivity index (χ4n) is 3.11. The van der Waals surface area contributed by atoms with Crippen LogP contribution in [0, 0.1) is 17.8 Å². The molecule has 3 aromatic heterocycles. The molecule has 0 saturated heterocycles. The molecule has 0 saturated carbocycles. The van der Waals surface area contributed by atoms with Crippen LogP contribution in [0.15, 0.2) is 35.7 Å². The van der Waals surface area contributed by atoms with Gasteiger partial charge in [0.15, 0.2) is 11.0 Å². The average Bonchev–Trinajstić information content (AvgIpc) is 2.84. The molecule has 0 aliphatic carbocycles. The minimum absolute atomic E-state index is 0.00458. The highest BCUT2D eigenvalue weighted by atomic mass is 32.2. The van der Waals surface area contributed by atoms with Gasteiger partial charge in [-0.25, -0.2) is 24.3 Å². The number of rotatable bonds is 8. The summed E-state index contributed by atoms with van der Waals surface area (Å²) in [5.74, 6) is 4.10. The minimum atomic E-state index is -2.00. The molecule has 0 spiro atoms. The third-order valence-electron chi connectivity index (χ3n) is 4.78. The van der Waals surface area contributed by atoms with E-state index >= 15 is 0 Å². The van der Waals surface area contributed by atoms with Gasteiger partial charge in [-0.05, 0) is 25.5 Å². The number of hydrogen-bond donors (Lipinski definition) is 2. The summed E-state index contributed by atoms with van der Waals surface area (Å²) in [5.41, 5.74) is 7.02. The van der Waals surface area contributed by atoms with Gasteiger partial charge >= 0.3 is 0 Å². The van der Waals surface area contributed by atoms with Gasteiger partial charge in [0.2, 0.25) is 11.8 Å². The van der Waals surface area contributed by atoms with Gasteiger partial charge in [0.1, 0.15) is 27.9 Å². The molecule has 0 aliphatic rings. The lowest BCUT2D eigenvalue weighted by Gasteiger charge is -2.25. The molecule has 0 amide bonds. The number of nitrogens with zero attached hydrogens (tertiary/aromatic N) is 5. The van der Waals surface area contributed by atoms with Crippen molar-refractivity contribution in [3.05, 3.63) is 42.2 Å². The van der Waals surface area contributed by atoms with Crippen LogP contribution in [0.5, 0.6) is 5.88 Å². The van der Waals surface area contributed by atoms with Crippen LogP contribution < -0.4 is 15.8 Å². The van der Waals surface area contributed by atoms with E-state index < -0.39 is 27.9 Å². The number of thioether (sulfide) groups is 1. The van der Waals surface area contributed by atoms with Gasteiger partial charge in [-0.2, -0.15) is 4.39 Å². The van der Waals surface area contributed by atoms with Gasteiger partial charge in [-0.15, -0.1) is 5.92 Å². The first-order chi connectivity index (χ1) is 17.7. The standard InChI is InChI=1S/C22H18B5F2N7OS/c1-20(11-28,38-19(30)31-2)8-12-7-13(9-34-17(12)29)35-18-16-14(3-6-32-18)36-15(10-33-16)37-22(26,27)5-4-21(23,24)25/h3,6-7,9-10H,8,11H2,1-2H3,(H2,30,31)(H,32,35)/t20-/m1/s1. The van der Waals surface area contributed by atoms with Gasteiger partial charge in [0, 0.05) is 18.8 Å². The highest BCUT2D eigenvalue weighted by Gasteiger charge is 2.29. The summed E-state index contributed by atoms with van der Waals surface area (Å²) in [6.45, 7) is 0.859. The molecule has 3 aromatic rings. The van der Waals surface area contributed by atoms with Crippen molar-refractivity contribution in [1.82, 2.24) is 19.9 Å². The molecule has 3 heterocycles. The number of halogens is 2. The maximum absolute atomic E-state index is 14.5. The fraction of sp³-hybridized carbons (Fsp3) is 0.318. The number of nitrogens with two attached hydrogens (primary N) is 1. The highest BCUT2D eigenvalue weighted by molar-refractivity contribution is 8.15. The second-order valence-electron chi connectivity index (χ2n) is 8.54. The van der Waals surface area contributed by atoms with Crippen molar-refractivity contribution in [2.24, 2.45) is 10.7 Å². The van der Waals surface area contributed by atoms with E-state index in [0.29, 0.717) is 16.7 Å². The first kappa shape index (κ1) is 29.4. The SMILES string of the molecule is [B]C([B])([B])C#CC([B])([B])Oc1cnc2c(Nc3cnc(F)c(C[C@](C)(CF)SC(N)=NC)c3)nccc2n1. The molecule has 0 bridgehead atoms. The molecule has 0 aliphatic heterocycles. The number of aliphatic imine (C=N–C) groups is 1. The number of pyridine rings is 2. The summed E-state index contributed by atoms with van der Waals surface area (Å²) in [7, 11) is 29.3. The van der Waals surface area contributed by atoms with Crippen LogP contribution in [0.3, 0.4) is 0 Å². The van der Waals surface area contributed by atoms with Gasteiger partial charge in [0.25, 0.3) is 0 Å². The van der Waals surface area contributed by atoms with Crippen molar-refractivity contribution in [3.63, 3.8) is 0 Å². The number of fused-ring (bicyclic) bond motifs is 1. The number of alkyl halides is 1. The van der Waals surface area contributed by atoms with Gasteiger partial charge in [-0.1, -0.05) is 22.8 Å². The molecular formula is C22H18B5F2N7OS. The first-order valence-electron chi connectivity index (χ1n) is 10.9. The number of amidine groups is 1. The predicted molar refractivity (Wildman–Crippen MR) is 151 cm³/mol. The Balaban J connectivity index is 1.86. The largest absolute Gasteiger partial charge is 0.478 e. The Labute approximate surface area is 230 Å². The molecular weight excluding hydrogens is 502 g/mol. The van der Waals surface area contributed by atoms with Crippen LogP contribution in [0.1, 0.15) is 12.5 Å². The van der Waals surface area contributed by atoms with Gasteiger partial charge in [-0.3, -0.25) is 4.99 Å². The third-order valence-corrected chi connectivity index (χ3v) is 5.92. The predicted octanol–water partition coefficient (Wildman–Crippen LogP) is 1.20. The second kappa shape index (κ2) is 11.7. The summed E-state index contributed by atoms with van der Waals surface area (Å²) in [6.07, 6.45) is 4.00. The molecule has 0 aromatic carbocycles. The maximum atomic E-state index is 14.5. The van der Waals surface area contributed by atoms with E-state index in [1.54, 1.807) is 13.0 Å². The molecule has 38 heavy (non-hydrogen) atoms. The summed E-state index contributed by atoms with van der Waals surface area (Å²) in [6, 6.07) is 3.08. The smallest absolute Gasteiger partial charge is 0.232 e. The van der Waals surface area contributed by atoms with Crippen LogP contribution in [0.2, 0.25) is 5.11 Å². The Bertz CT molecular complexity index is 1410. The quantitative estimate of drug-likeness (QED) is 0.150. The summed E-state index contributed by atoms with van der Waals surface area (Å²) in [5, 5.41) is -0.601. The van der Waals surface area contributed by atoms with Crippen molar-refractivity contribution >= 4 is 78.7 Å².